The molecule has 0 aromatic heterocycles. The first kappa shape index (κ1) is 12.3. The zero-order chi connectivity index (χ0) is 12.6. The third-order valence-electron chi connectivity index (χ3n) is 2.94. The molecule has 0 spiro atoms. The van der Waals surface area contributed by atoms with Gasteiger partial charge in [-0.2, -0.15) is 0 Å². The minimum absolute atomic E-state index is 0.0510. The van der Waals surface area contributed by atoms with E-state index >= 15 is 0 Å². The Morgan fingerprint density at radius 2 is 2.12 bits per heavy atom. The molecule has 0 aliphatic heterocycles. The number of halogens is 3. The predicted molar refractivity (Wildman–Crippen MR) is 58.8 cm³/mol. The molecule has 0 radical (unpaired) electrons. The SMILES string of the molecule is COC(=O)C(c1c(F)ccc(Cl)c1F)C1CC1. The first-order valence-corrected chi connectivity index (χ1v) is 5.65. The molecule has 2 rings (SSSR count). The van der Waals surface area contributed by atoms with Gasteiger partial charge in [0.25, 0.3) is 0 Å². The third kappa shape index (κ3) is 2.27. The molecule has 1 saturated carbocycles. The number of hydrogen-bond donors (Lipinski definition) is 0. The average Bonchev–Trinajstić information content (AvgIpc) is 3.13. The summed E-state index contributed by atoms with van der Waals surface area (Å²) in [4.78, 5) is 11.6. The highest BCUT2D eigenvalue weighted by atomic mass is 35.5. The highest BCUT2D eigenvalue weighted by Crippen LogP contribution is 2.45. The molecule has 0 amide bonds. The summed E-state index contributed by atoms with van der Waals surface area (Å²) in [5.41, 5.74) is -0.271. The van der Waals surface area contributed by atoms with Crippen LogP contribution in [0.3, 0.4) is 0 Å². The Kier molecular flexibility index (Phi) is 3.33. The quantitative estimate of drug-likeness (QED) is 0.616. The molecular formula is C12H11ClF2O2. The number of methoxy groups -OCH3 is 1. The topological polar surface area (TPSA) is 26.3 Å². The Labute approximate surface area is 103 Å². The molecule has 92 valence electrons. The van der Waals surface area contributed by atoms with Gasteiger partial charge in [0.1, 0.15) is 11.6 Å². The Balaban J connectivity index is 2.49. The van der Waals surface area contributed by atoms with Crippen LogP contribution in [-0.2, 0) is 9.53 Å². The number of carbonyl (C=O) groups excluding carboxylic acids is 1. The van der Waals surface area contributed by atoms with Gasteiger partial charge in [0.15, 0.2) is 0 Å². The van der Waals surface area contributed by atoms with Crippen molar-refractivity contribution in [3.05, 3.63) is 34.4 Å². The first-order chi connectivity index (χ1) is 8.06. The van der Waals surface area contributed by atoms with Gasteiger partial charge in [-0.1, -0.05) is 11.6 Å². The second kappa shape index (κ2) is 4.61. The number of rotatable bonds is 3. The van der Waals surface area contributed by atoms with Crippen LogP contribution < -0.4 is 0 Å². The van der Waals surface area contributed by atoms with Crippen molar-refractivity contribution in [3.8, 4) is 0 Å². The molecule has 1 aromatic carbocycles. The van der Waals surface area contributed by atoms with Gasteiger partial charge in [-0.3, -0.25) is 4.79 Å². The molecule has 1 unspecified atom stereocenters. The van der Waals surface area contributed by atoms with Crippen LogP contribution in [0.15, 0.2) is 12.1 Å². The molecule has 0 saturated heterocycles. The monoisotopic (exact) mass is 260 g/mol. The van der Waals surface area contributed by atoms with Gasteiger partial charge in [-0.05, 0) is 30.9 Å². The van der Waals surface area contributed by atoms with Crippen molar-refractivity contribution < 1.29 is 18.3 Å². The van der Waals surface area contributed by atoms with Crippen LogP contribution in [0.5, 0.6) is 0 Å². The van der Waals surface area contributed by atoms with Crippen molar-refractivity contribution in [2.75, 3.05) is 7.11 Å². The molecule has 0 heterocycles. The van der Waals surface area contributed by atoms with Crippen LogP contribution in [0.1, 0.15) is 24.3 Å². The number of esters is 1. The van der Waals surface area contributed by atoms with Crippen LogP contribution >= 0.6 is 11.6 Å². The van der Waals surface area contributed by atoms with E-state index in [4.69, 9.17) is 11.6 Å². The fraction of sp³-hybridized carbons (Fsp3) is 0.417. The molecule has 1 fully saturated rings. The van der Waals surface area contributed by atoms with E-state index in [2.05, 4.69) is 4.74 Å². The number of benzene rings is 1. The standard InChI is InChI=1S/C12H11ClF2O2/c1-17-12(16)9(6-2-3-6)10-8(14)5-4-7(13)11(10)15/h4-6,9H,2-3H2,1H3. The molecule has 17 heavy (non-hydrogen) atoms. The summed E-state index contributed by atoms with van der Waals surface area (Å²) in [5.74, 6) is -3.18. The number of ether oxygens (including phenoxy) is 1. The van der Waals surface area contributed by atoms with E-state index < -0.39 is 23.5 Å². The lowest BCUT2D eigenvalue weighted by Crippen LogP contribution is -2.19. The van der Waals surface area contributed by atoms with Gasteiger partial charge in [0.05, 0.1) is 18.1 Å². The summed E-state index contributed by atoms with van der Waals surface area (Å²) in [7, 11) is 1.21. The fourth-order valence-corrected chi connectivity index (χ4v) is 2.10. The van der Waals surface area contributed by atoms with E-state index in [0.717, 1.165) is 25.0 Å². The number of hydrogen-bond acceptors (Lipinski definition) is 2. The van der Waals surface area contributed by atoms with E-state index in [0.29, 0.717) is 0 Å². The van der Waals surface area contributed by atoms with Crippen molar-refractivity contribution in [1.82, 2.24) is 0 Å². The summed E-state index contributed by atoms with van der Waals surface area (Å²) >= 11 is 5.61. The van der Waals surface area contributed by atoms with Crippen LogP contribution in [0.2, 0.25) is 5.02 Å². The highest BCUT2D eigenvalue weighted by Gasteiger charge is 2.41. The van der Waals surface area contributed by atoms with Crippen molar-refractivity contribution in [2.24, 2.45) is 5.92 Å². The van der Waals surface area contributed by atoms with E-state index in [1.54, 1.807) is 0 Å². The second-order valence-electron chi connectivity index (χ2n) is 4.10. The van der Waals surface area contributed by atoms with E-state index in [1.165, 1.54) is 7.11 Å². The zero-order valence-electron chi connectivity index (χ0n) is 9.17. The minimum atomic E-state index is -0.890. The molecule has 0 N–H and O–H groups in total. The molecule has 5 heteroatoms. The Bertz CT molecular complexity index is 458. The Hall–Kier alpha value is -1.16. The van der Waals surface area contributed by atoms with E-state index in [1.807, 2.05) is 0 Å². The van der Waals surface area contributed by atoms with Crippen LogP contribution in [0, 0.1) is 17.6 Å². The zero-order valence-corrected chi connectivity index (χ0v) is 9.93. The smallest absolute Gasteiger partial charge is 0.313 e. The molecule has 1 aliphatic rings. The largest absolute Gasteiger partial charge is 0.469 e. The maximum atomic E-state index is 13.8. The molecule has 1 aromatic rings. The van der Waals surface area contributed by atoms with Gasteiger partial charge in [0.2, 0.25) is 0 Å². The van der Waals surface area contributed by atoms with Gasteiger partial charge in [-0.15, -0.1) is 0 Å². The van der Waals surface area contributed by atoms with Gasteiger partial charge in [0, 0.05) is 5.56 Å². The van der Waals surface area contributed by atoms with Crippen molar-refractivity contribution >= 4 is 17.6 Å². The minimum Gasteiger partial charge on any atom is -0.469 e. The lowest BCUT2D eigenvalue weighted by Gasteiger charge is -2.16. The lowest BCUT2D eigenvalue weighted by atomic mass is 9.93. The van der Waals surface area contributed by atoms with E-state index in [-0.39, 0.29) is 16.5 Å². The maximum Gasteiger partial charge on any atom is 0.313 e. The summed E-state index contributed by atoms with van der Waals surface area (Å²) in [6.07, 6.45) is 1.54. The lowest BCUT2D eigenvalue weighted by molar-refractivity contribution is -0.143. The third-order valence-corrected chi connectivity index (χ3v) is 3.23. The summed E-state index contributed by atoms with van der Waals surface area (Å²) in [6.45, 7) is 0. The molecular weight excluding hydrogens is 250 g/mol. The Morgan fingerprint density at radius 3 is 2.65 bits per heavy atom. The van der Waals surface area contributed by atoms with Gasteiger partial charge >= 0.3 is 5.97 Å². The molecule has 0 bridgehead atoms. The van der Waals surface area contributed by atoms with Crippen molar-refractivity contribution in [2.45, 2.75) is 18.8 Å². The van der Waals surface area contributed by atoms with Crippen molar-refractivity contribution in [3.63, 3.8) is 0 Å². The summed E-state index contributed by atoms with van der Waals surface area (Å²) in [5, 5.41) is -0.184. The fourth-order valence-electron chi connectivity index (χ4n) is 1.93. The molecule has 1 aliphatic carbocycles. The van der Waals surface area contributed by atoms with Crippen LogP contribution in [-0.4, -0.2) is 13.1 Å². The van der Waals surface area contributed by atoms with Gasteiger partial charge in [-0.25, -0.2) is 8.78 Å². The summed E-state index contributed by atoms with van der Waals surface area (Å²) in [6, 6.07) is 2.20. The highest BCUT2D eigenvalue weighted by molar-refractivity contribution is 6.30. The van der Waals surface area contributed by atoms with Crippen molar-refractivity contribution in [1.29, 1.82) is 0 Å². The van der Waals surface area contributed by atoms with E-state index in [9.17, 15) is 13.6 Å². The predicted octanol–water partition coefficient (Wildman–Crippen LogP) is 3.28. The first-order valence-electron chi connectivity index (χ1n) is 5.27. The summed E-state index contributed by atoms with van der Waals surface area (Å²) < 4.78 is 32.1. The maximum absolute atomic E-state index is 13.8. The second-order valence-corrected chi connectivity index (χ2v) is 4.50. The number of carbonyl (C=O) groups is 1. The molecule has 2 nitrogen and oxygen atoms in total. The Morgan fingerprint density at radius 1 is 1.47 bits per heavy atom. The average molecular weight is 261 g/mol. The molecule has 1 atom stereocenters. The van der Waals surface area contributed by atoms with Crippen LogP contribution in [0.4, 0.5) is 8.78 Å². The van der Waals surface area contributed by atoms with Crippen LogP contribution in [0.25, 0.3) is 0 Å². The van der Waals surface area contributed by atoms with Gasteiger partial charge < -0.3 is 4.74 Å². The normalized spacial score (nSPS) is 16.7.